The highest BCUT2D eigenvalue weighted by Crippen LogP contribution is 2.22. The van der Waals surface area contributed by atoms with Gasteiger partial charge in [-0.1, -0.05) is 30.3 Å². The fourth-order valence-electron chi connectivity index (χ4n) is 3.22. The number of benzene rings is 2. The summed E-state index contributed by atoms with van der Waals surface area (Å²) in [6, 6.07) is 20.4. The van der Waals surface area contributed by atoms with Gasteiger partial charge >= 0.3 is 0 Å². The molecule has 0 aliphatic rings. The first-order valence-corrected chi connectivity index (χ1v) is 9.61. The molecule has 146 valence electrons. The van der Waals surface area contributed by atoms with Crippen LogP contribution in [0.15, 0.2) is 79.1 Å². The van der Waals surface area contributed by atoms with Gasteiger partial charge in [0, 0.05) is 30.2 Å². The third kappa shape index (κ3) is 4.31. The SMILES string of the molecule is CN(Cc1cccc(F)c1)Cn1nc(-c2ccncc2)n(-c2ccccc2)c1=S. The normalized spacial score (nSPS) is 11.1. The van der Waals surface area contributed by atoms with E-state index in [9.17, 15) is 4.39 Å². The molecule has 4 aromatic rings. The van der Waals surface area contributed by atoms with E-state index in [0.717, 1.165) is 22.6 Å². The molecule has 5 nitrogen and oxygen atoms in total. The number of para-hydroxylation sites is 1. The highest BCUT2D eigenvalue weighted by molar-refractivity contribution is 7.71. The van der Waals surface area contributed by atoms with E-state index in [1.165, 1.54) is 6.07 Å². The molecule has 0 N–H and O–H groups in total. The van der Waals surface area contributed by atoms with Gasteiger partial charge in [-0.25, -0.2) is 9.07 Å². The quantitative estimate of drug-likeness (QED) is 0.436. The lowest BCUT2D eigenvalue weighted by molar-refractivity contribution is 0.244. The standard InChI is InChI=1S/C22H20FN5S/c1-26(15-17-6-5-7-19(23)14-17)16-27-22(29)28(20-8-3-2-4-9-20)21(25-27)18-10-12-24-13-11-18/h2-14H,15-16H2,1H3. The first kappa shape index (κ1) is 19.2. The van der Waals surface area contributed by atoms with Gasteiger partial charge in [0.15, 0.2) is 5.82 Å². The second-order valence-electron chi connectivity index (χ2n) is 6.80. The van der Waals surface area contributed by atoms with Gasteiger partial charge in [0.25, 0.3) is 0 Å². The Morgan fingerprint density at radius 2 is 1.76 bits per heavy atom. The molecule has 2 heterocycles. The minimum atomic E-state index is -0.235. The number of halogens is 1. The largest absolute Gasteiger partial charge is 0.283 e. The van der Waals surface area contributed by atoms with Crippen LogP contribution in [0.4, 0.5) is 4.39 Å². The van der Waals surface area contributed by atoms with Gasteiger partial charge < -0.3 is 0 Å². The lowest BCUT2D eigenvalue weighted by Gasteiger charge is -2.16. The molecule has 0 radical (unpaired) electrons. The summed E-state index contributed by atoms with van der Waals surface area (Å²) < 4.78 is 17.8. The van der Waals surface area contributed by atoms with E-state index in [4.69, 9.17) is 17.3 Å². The predicted molar refractivity (Wildman–Crippen MR) is 113 cm³/mol. The van der Waals surface area contributed by atoms with Crippen molar-refractivity contribution in [2.75, 3.05) is 7.05 Å². The maximum atomic E-state index is 13.5. The molecule has 0 spiro atoms. The molecule has 0 unspecified atom stereocenters. The fraction of sp³-hybridized carbons (Fsp3) is 0.136. The number of hydrogen-bond donors (Lipinski definition) is 0. The first-order chi connectivity index (χ1) is 14.1. The summed E-state index contributed by atoms with van der Waals surface area (Å²) in [5.74, 6) is 0.517. The first-order valence-electron chi connectivity index (χ1n) is 9.20. The Balaban J connectivity index is 1.69. The number of aromatic nitrogens is 4. The van der Waals surface area contributed by atoms with E-state index in [-0.39, 0.29) is 5.82 Å². The molecule has 0 aliphatic carbocycles. The number of hydrogen-bond acceptors (Lipinski definition) is 4. The molecule has 0 saturated heterocycles. The van der Waals surface area contributed by atoms with E-state index in [2.05, 4.69) is 4.98 Å². The summed E-state index contributed by atoms with van der Waals surface area (Å²) in [6.45, 7) is 1.07. The van der Waals surface area contributed by atoms with Gasteiger partial charge in [-0.3, -0.25) is 14.5 Å². The summed E-state index contributed by atoms with van der Waals surface area (Å²) in [6.07, 6.45) is 3.48. The molecule has 7 heteroatoms. The van der Waals surface area contributed by atoms with E-state index in [1.54, 1.807) is 29.2 Å². The van der Waals surface area contributed by atoms with Crippen molar-refractivity contribution >= 4 is 12.2 Å². The molecule has 2 aromatic carbocycles. The highest BCUT2D eigenvalue weighted by Gasteiger charge is 2.15. The zero-order valence-electron chi connectivity index (χ0n) is 15.9. The smallest absolute Gasteiger partial charge is 0.204 e. The average molecular weight is 406 g/mol. The third-order valence-electron chi connectivity index (χ3n) is 4.51. The van der Waals surface area contributed by atoms with E-state index in [0.29, 0.717) is 18.0 Å². The van der Waals surface area contributed by atoms with Crippen molar-refractivity contribution in [3.05, 3.63) is 95.3 Å². The van der Waals surface area contributed by atoms with Crippen LogP contribution in [0, 0.1) is 10.6 Å². The molecule has 0 aliphatic heterocycles. The van der Waals surface area contributed by atoms with Crippen molar-refractivity contribution < 1.29 is 4.39 Å². The summed E-state index contributed by atoms with van der Waals surface area (Å²) >= 11 is 5.76. The van der Waals surface area contributed by atoms with Gasteiger partial charge in [0.05, 0.1) is 6.67 Å². The van der Waals surface area contributed by atoms with Crippen molar-refractivity contribution in [1.82, 2.24) is 24.2 Å². The number of nitrogens with zero attached hydrogens (tertiary/aromatic N) is 5. The van der Waals surface area contributed by atoms with Crippen molar-refractivity contribution in [2.24, 2.45) is 0 Å². The number of rotatable bonds is 6. The zero-order chi connectivity index (χ0) is 20.2. The fourth-order valence-corrected chi connectivity index (χ4v) is 3.51. The second-order valence-corrected chi connectivity index (χ2v) is 7.16. The maximum absolute atomic E-state index is 13.5. The van der Waals surface area contributed by atoms with Crippen LogP contribution in [0.1, 0.15) is 5.56 Å². The van der Waals surface area contributed by atoms with Crippen LogP contribution in [0.3, 0.4) is 0 Å². The summed E-state index contributed by atoms with van der Waals surface area (Å²) in [5.41, 5.74) is 2.78. The molecule has 0 atom stereocenters. The molecular weight excluding hydrogens is 385 g/mol. The van der Waals surface area contributed by atoms with Crippen molar-refractivity contribution in [3.8, 4) is 17.1 Å². The molecule has 0 saturated carbocycles. The van der Waals surface area contributed by atoms with Gasteiger partial charge in [-0.05, 0) is 61.2 Å². The van der Waals surface area contributed by atoms with Crippen molar-refractivity contribution in [3.63, 3.8) is 0 Å². The lowest BCUT2D eigenvalue weighted by Crippen LogP contribution is -2.22. The van der Waals surface area contributed by atoms with Gasteiger partial charge in [0.1, 0.15) is 5.82 Å². The van der Waals surface area contributed by atoms with Crippen LogP contribution in [0.25, 0.3) is 17.1 Å². The van der Waals surface area contributed by atoms with Crippen LogP contribution >= 0.6 is 12.2 Å². The van der Waals surface area contributed by atoms with Gasteiger partial charge in [-0.15, -0.1) is 5.10 Å². The molecule has 0 bridgehead atoms. The lowest BCUT2D eigenvalue weighted by atomic mass is 10.2. The summed E-state index contributed by atoms with van der Waals surface area (Å²) in [4.78, 5) is 6.14. The summed E-state index contributed by atoms with van der Waals surface area (Å²) in [7, 11) is 1.96. The van der Waals surface area contributed by atoms with E-state index in [1.807, 2.05) is 65.0 Å². The topological polar surface area (TPSA) is 38.9 Å². The molecule has 29 heavy (non-hydrogen) atoms. The van der Waals surface area contributed by atoms with Crippen LogP contribution in [-0.4, -0.2) is 31.3 Å². The second kappa shape index (κ2) is 8.46. The average Bonchev–Trinajstić information content (AvgIpc) is 3.05. The maximum Gasteiger partial charge on any atom is 0.204 e. The third-order valence-corrected chi connectivity index (χ3v) is 4.90. The van der Waals surface area contributed by atoms with Crippen LogP contribution in [0.5, 0.6) is 0 Å². The molecular formula is C22H20FN5S. The highest BCUT2D eigenvalue weighted by atomic mass is 32.1. The molecule has 2 aromatic heterocycles. The monoisotopic (exact) mass is 405 g/mol. The summed E-state index contributed by atoms with van der Waals surface area (Å²) in [5, 5.41) is 4.79. The van der Waals surface area contributed by atoms with Crippen LogP contribution in [-0.2, 0) is 13.2 Å². The Labute approximate surface area is 173 Å². The Morgan fingerprint density at radius 1 is 1.00 bits per heavy atom. The zero-order valence-corrected chi connectivity index (χ0v) is 16.8. The molecule has 0 amide bonds. The Morgan fingerprint density at radius 3 is 2.48 bits per heavy atom. The minimum absolute atomic E-state index is 0.235. The molecule has 4 rings (SSSR count). The van der Waals surface area contributed by atoms with Crippen LogP contribution < -0.4 is 0 Å². The number of pyridine rings is 1. The van der Waals surface area contributed by atoms with Crippen LogP contribution in [0.2, 0.25) is 0 Å². The Hall–Kier alpha value is -3.16. The van der Waals surface area contributed by atoms with Gasteiger partial charge in [-0.2, -0.15) is 0 Å². The van der Waals surface area contributed by atoms with Gasteiger partial charge in [0.2, 0.25) is 4.77 Å². The Bertz CT molecular complexity index is 1150. The van der Waals surface area contributed by atoms with E-state index < -0.39 is 0 Å². The van der Waals surface area contributed by atoms with Crippen molar-refractivity contribution in [2.45, 2.75) is 13.2 Å². The molecule has 0 fully saturated rings. The minimum Gasteiger partial charge on any atom is -0.283 e. The van der Waals surface area contributed by atoms with E-state index >= 15 is 0 Å². The Kier molecular flexibility index (Phi) is 5.59. The predicted octanol–water partition coefficient (Wildman–Crippen LogP) is 4.69. The van der Waals surface area contributed by atoms with Crippen molar-refractivity contribution in [1.29, 1.82) is 0 Å².